The predicted molar refractivity (Wildman–Crippen MR) is 124 cm³/mol. The molecule has 0 bridgehead atoms. The predicted octanol–water partition coefficient (Wildman–Crippen LogP) is 3.80. The minimum absolute atomic E-state index is 0.335. The number of para-hydroxylation sites is 3. The highest BCUT2D eigenvalue weighted by Gasteiger charge is 2.26. The van der Waals surface area contributed by atoms with E-state index in [9.17, 15) is 9.59 Å². The van der Waals surface area contributed by atoms with Crippen LogP contribution in [-0.4, -0.2) is 32.6 Å². The van der Waals surface area contributed by atoms with E-state index in [4.69, 9.17) is 4.74 Å². The van der Waals surface area contributed by atoms with Crippen LogP contribution in [0.1, 0.15) is 30.8 Å². The van der Waals surface area contributed by atoms with Crippen LogP contribution in [0.3, 0.4) is 0 Å². The number of aryl methyl sites for hydroxylation is 2. The Labute approximate surface area is 185 Å². The fourth-order valence-electron chi connectivity index (χ4n) is 3.85. The Morgan fingerprint density at radius 2 is 1.75 bits per heavy atom. The number of benzene rings is 2. The van der Waals surface area contributed by atoms with Crippen molar-refractivity contribution in [3.63, 3.8) is 0 Å². The average Bonchev–Trinajstić information content (AvgIpc) is 3.16. The van der Waals surface area contributed by atoms with Gasteiger partial charge in [-0.25, -0.2) is 9.36 Å². The number of nitrogens with zero attached hydrogens (tertiary/aromatic N) is 4. The summed E-state index contributed by atoms with van der Waals surface area (Å²) in [7, 11) is 1.54. The summed E-state index contributed by atoms with van der Waals surface area (Å²) < 4.78 is 8.32. The van der Waals surface area contributed by atoms with Crippen LogP contribution in [0.2, 0.25) is 0 Å². The number of amides is 1. The fraction of sp³-hybridized carbons (Fsp3) is 0.250. The van der Waals surface area contributed by atoms with Crippen LogP contribution in [0.15, 0.2) is 59.4 Å². The van der Waals surface area contributed by atoms with Crippen LogP contribution in [0, 0.1) is 13.8 Å². The van der Waals surface area contributed by atoms with Crippen molar-refractivity contribution in [1.29, 1.82) is 0 Å². The molecular weight excluding hydrogens is 406 g/mol. The molecule has 1 amide bonds. The summed E-state index contributed by atoms with van der Waals surface area (Å²) in [5.41, 5.74) is 2.88. The summed E-state index contributed by atoms with van der Waals surface area (Å²) in [6.07, 6.45) is 0.394. The van der Waals surface area contributed by atoms with E-state index >= 15 is 0 Å². The molecule has 8 nitrogen and oxygen atoms in total. The second-order valence-electron chi connectivity index (χ2n) is 7.51. The number of rotatable bonds is 6. The number of carbonyl (C=O) groups is 1. The maximum Gasteiger partial charge on any atom is 0.278 e. The molecule has 8 heteroatoms. The van der Waals surface area contributed by atoms with Gasteiger partial charge in [0.2, 0.25) is 5.91 Å². The molecular formula is C24H25N5O3. The highest BCUT2D eigenvalue weighted by molar-refractivity contribution is 5.95. The van der Waals surface area contributed by atoms with Crippen molar-refractivity contribution in [2.75, 3.05) is 12.4 Å². The topological polar surface area (TPSA) is 91.0 Å². The van der Waals surface area contributed by atoms with Crippen LogP contribution in [-0.2, 0) is 4.79 Å². The number of ether oxygens (including phenoxy) is 1. The number of aromatic nitrogens is 4. The van der Waals surface area contributed by atoms with Crippen LogP contribution in [0.5, 0.6) is 5.75 Å². The largest absolute Gasteiger partial charge is 0.495 e. The van der Waals surface area contributed by atoms with Gasteiger partial charge in [0.15, 0.2) is 0 Å². The molecule has 2 aromatic heterocycles. The molecule has 0 radical (unpaired) electrons. The Morgan fingerprint density at radius 1 is 1.06 bits per heavy atom. The van der Waals surface area contributed by atoms with Gasteiger partial charge in [0.25, 0.3) is 5.56 Å². The molecule has 32 heavy (non-hydrogen) atoms. The van der Waals surface area contributed by atoms with E-state index in [0.717, 1.165) is 5.69 Å². The van der Waals surface area contributed by atoms with Crippen LogP contribution >= 0.6 is 0 Å². The van der Waals surface area contributed by atoms with Crippen molar-refractivity contribution in [2.24, 2.45) is 0 Å². The number of hydrogen-bond acceptors (Lipinski definition) is 5. The second-order valence-corrected chi connectivity index (χ2v) is 7.51. The number of carbonyl (C=O) groups excluding carboxylic acids is 1. The first-order chi connectivity index (χ1) is 15.5. The van der Waals surface area contributed by atoms with E-state index in [1.54, 1.807) is 36.9 Å². The monoisotopic (exact) mass is 431 g/mol. The van der Waals surface area contributed by atoms with E-state index < -0.39 is 6.04 Å². The Balaban J connectivity index is 1.79. The number of fused-ring (bicyclic) bond motifs is 1. The minimum atomic E-state index is -0.782. The van der Waals surface area contributed by atoms with Crippen molar-refractivity contribution in [2.45, 2.75) is 33.2 Å². The zero-order valence-electron chi connectivity index (χ0n) is 18.5. The molecule has 2 aromatic carbocycles. The SMILES string of the molecule is CC[C@@H](C(=O)Nc1ccccc1OC)n1nc(C)c2nn(-c3ccccc3)c(C)c2c1=O. The lowest BCUT2D eigenvalue weighted by atomic mass is 10.1. The molecule has 164 valence electrons. The molecule has 0 saturated carbocycles. The van der Waals surface area contributed by atoms with Crippen molar-refractivity contribution in [3.05, 3.63) is 76.3 Å². The lowest BCUT2D eigenvalue weighted by Crippen LogP contribution is -2.35. The molecule has 0 fully saturated rings. The fourth-order valence-corrected chi connectivity index (χ4v) is 3.85. The van der Waals surface area contributed by atoms with Gasteiger partial charge in [-0.2, -0.15) is 10.2 Å². The summed E-state index contributed by atoms with van der Waals surface area (Å²) >= 11 is 0. The molecule has 0 aliphatic carbocycles. The van der Waals surface area contributed by atoms with Crippen LogP contribution in [0.25, 0.3) is 16.6 Å². The van der Waals surface area contributed by atoms with Gasteiger partial charge in [-0.3, -0.25) is 9.59 Å². The highest BCUT2D eigenvalue weighted by atomic mass is 16.5. The van der Waals surface area contributed by atoms with Crippen molar-refractivity contribution in [3.8, 4) is 11.4 Å². The maximum atomic E-state index is 13.5. The van der Waals surface area contributed by atoms with E-state index in [0.29, 0.717) is 40.1 Å². The lowest BCUT2D eigenvalue weighted by molar-refractivity contribution is -0.119. The second kappa shape index (κ2) is 8.66. The summed E-state index contributed by atoms with van der Waals surface area (Å²) in [6.45, 7) is 5.49. The van der Waals surface area contributed by atoms with Gasteiger partial charge in [0.05, 0.1) is 35.3 Å². The van der Waals surface area contributed by atoms with Crippen LogP contribution < -0.4 is 15.6 Å². The van der Waals surface area contributed by atoms with Gasteiger partial charge in [-0.1, -0.05) is 37.3 Å². The smallest absolute Gasteiger partial charge is 0.278 e. The van der Waals surface area contributed by atoms with Crippen LogP contribution in [0.4, 0.5) is 5.69 Å². The van der Waals surface area contributed by atoms with E-state index in [2.05, 4.69) is 15.5 Å². The number of hydrogen-bond donors (Lipinski definition) is 1. The Bertz CT molecular complexity index is 1340. The molecule has 4 rings (SSSR count). The van der Waals surface area contributed by atoms with Gasteiger partial charge in [0, 0.05) is 0 Å². The standard InChI is InChI=1S/C24H25N5O3/c1-5-19(23(30)25-18-13-9-10-14-20(18)32-4)29-24(31)21-16(3)28(17-11-7-6-8-12-17)27-22(21)15(2)26-29/h6-14,19H,5H2,1-4H3,(H,25,30)/t19-/m0/s1. The van der Waals surface area contributed by atoms with Gasteiger partial charge in [-0.15, -0.1) is 0 Å². The molecule has 2 heterocycles. The molecule has 0 spiro atoms. The average molecular weight is 431 g/mol. The number of nitrogens with one attached hydrogen (secondary N) is 1. The third-order valence-electron chi connectivity index (χ3n) is 5.49. The molecule has 1 atom stereocenters. The third kappa shape index (κ3) is 3.64. The molecule has 0 aliphatic heterocycles. The zero-order valence-corrected chi connectivity index (χ0v) is 18.5. The van der Waals surface area contributed by atoms with Gasteiger partial charge < -0.3 is 10.1 Å². The van der Waals surface area contributed by atoms with E-state index in [-0.39, 0.29) is 11.5 Å². The summed E-state index contributed by atoms with van der Waals surface area (Å²) in [5.74, 6) is 0.209. The van der Waals surface area contributed by atoms with Crippen molar-refractivity contribution < 1.29 is 9.53 Å². The first-order valence-corrected chi connectivity index (χ1v) is 10.4. The number of methoxy groups -OCH3 is 1. The van der Waals surface area contributed by atoms with Gasteiger partial charge >= 0.3 is 0 Å². The highest BCUT2D eigenvalue weighted by Crippen LogP contribution is 2.25. The molecule has 0 saturated heterocycles. The van der Waals surface area contributed by atoms with Gasteiger partial charge in [0.1, 0.15) is 17.3 Å². The summed E-state index contributed by atoms with van der Waals surface area (Å²) in [6, 6.07) is 16.0. The third-order valence-corrected chi connectivity index (χ3v) is 5.49. The van der Waals surface area contributed by atoms with Crippen molar-refractivity contribution in [1.82, 2.24) is 19.6 Å². The Hall–Kier alpha value is -3.94. The lowest BCUT2D eigenvalue weighted by Gasteiger charge is -2.18. The maximum absolute atomic E-state index is 13.5. The Morgan fingerprint density at radius 3 is 2.44 bits per heavy atom. The molecule has 1 N–H and O–H groups in total. The zero-order chi connectivity index (χ0) is 22.8. The first kappa shape index (κ1) is 21.3. The minimum Gasteiger partial charge on any atom is -0.495 e. The van der Waals surface area contributed by atoms with Gasteiger partial charge in [-0.05, 0) is 44.5 Å². The molecule has 4 aromatic rings. The quantitative estimate of drug-likeness (QED) is 0.501. The summed E-state index contributed by atoms with van der Waals surface area (Å²) in [4.78, 5) is 26.6. The summed E-state index contributed by atoms with van der Waals surface area (Å²) in [5, 5.41) is 12.4. The van der Waals surface area contributed by atoms with Crippen molar-refractivity contribution >= 4 is 22.5 Å². The van der Waals surface area contributed by atoms with E-state index in [1.807, 2.05) is 50.2 Å². The number of anilines is 1. The normalized spacial score (nSPS) is 12.0. The first-order valence-electron chi connectivity index (χ1n) is 10.4. The molecule has 0 aliphatic rings. The Kier molecular flexibility index (Phi) is 5.77. The molecule has 0 unspecified atom stereocenters. The van der Waals surface area contributed by atoms with E-state index in [1.165, 1.54) is 4.68 Å².